The van der Waals surface area contributed by atoms with Crippen molar-refractivity contribution in [2.45, 2.75) is 0 Å². The zero-order valence-corrected chi connectivity index (χ0v) is 9.39. The van der Waals surface area contributed by atoms with Gasteiger partial charge in [-0.25, -0.2) is 4.79 Å². The lowest BCUT2D eigenvalue weighted by molar-refractivity contribution is 0.212. The second kappa shape index (κ2) is 3.59. The van der Waals surface area contributed by atoms with Gasteiger partial charge in [0.25, 0.3) is 0 Å². The standard InChI is InChI=1S/C9H6BrNO2S/c10-6-2-1-3-7-5(6)4-8(14-7)13-9(11)12/h1-4H,(H2,11,12). The predicted molar refractivity (Wildman–Crippen MR) is 59.7 cm³/mol. The topological polar surface area (TPSA) is 52.3 Å². The molecule has 1 aromatic carbocycles. The van der Waals surface area contributed by atoms with Gasteiger partial charge in [-0.05, 0) is 12.1 Å². The van der Waals surface area contributed by atoms with Crippen molar-refractivity contribution >= 4 is 43.4 Å². The fraction of sp³-hybridized carbons (Fsp3) is 0. The molecule has 5 heteroatoms. The van der Waals surface area contributed by atoms with E-state index in [2.05, 4.69) is 15.9 Å². The lowest BCUT2D eigenvalue weighted by atomic mass is 10.3. The first-order valence-electron chi connectivity index (χ1n) is 3.82. The van der Waals surface area contributed by atoms with Gasteiger partial charge in [0.05, 0.1) is 0 Å². The molecule has 3 nitrogen and oxygen atoms in total. The SMILES string of the molecule is NC(=O)Oc1cc2c(Br)cccc2s1. The number of ether oxygens (including phenoxy) is 1. The molecule has 1 aromatic heterocycles. The highest BCUT2D eigenvalue weighted by Crippen LogP contribution is 2.35. The van der Waals surface area contributed by atoms with Crippen LogP contribution in [0, 0.1) is 0 Å². The number of amides is 1. The summed E-state index contributed by atoms with van der Waals surface area (Å²) in [5, 5.41) is 1.54. The Bertz CT molecular complexity index is 495. The van der Waals surface area contributed by atoms with Crippen LogP contribution in [0.15, 0.2) is 28.7 Å². The third-order valence-electron chi connectivity index (χ3n) is 1.69. The average molecular weight is 272 g/mol. The Morgan fingerprint density at radius 3 is 2.93 bits per heavy atom. The number of halogens is 1. The Balaban J connectivity index is 2.51. The molecule has 0 radical (unpaired) electrons. The minimum atomic E-state index is -0.785. The summed E-state index contributed by atoms with van der Waals surface area (Å²) in [6, 6.07) is 7.60. The number of carbonyl (C=O) groups is 1. The van der Waals surface area contributed by atoms with E-state index in [1.807, 2.05) is 18.2 Å². The first-order valence-corrected chi connectivity index (χ1v) is 5.43. The van der Waals surface area contributed by atoms with E-state index >= 15 is 0 Å². The molecule has 1 heterocycles. The lowest BCUT2D eigenvalue weighted by Crippen LogP contribution is -2.15. The third kappa shape index (κ3) is 1.73. The molecule has 72 valence electrons. The summed E-state index contributed by atoms with van der Waals surface area (Å²) < 4.78 is 6.82. The zero-order valence-electron chi connectivity index (χ0n) is 6.99. The maximum atomic E-state index is 10.5. The van der Waals surface area contributed by atoms with Gasteiger partial charge in [-0.2, -0.15) is 0 Å². The Labute approximate surface area is 92.6 Å². The van der Waals surface area contributed by atoms with Gasteiger partial charge in [-0.3, -0.25) is 0 Å². The van der Waals surface area contributed by atoms with Gasteiger partial charge in [-0.1, -0.05) is 33.3 Å². The Kier molecular flexibility index (Phi) is 2.43. The first kappa shape index (κ1) is 9.48. The van der Waals surface area contributed by atoms with Crippen LogP contribution in [0.25, 0.3) is 10.1 Å². The molecular formula is C9H6BrNO2S. The van der Waals surface area contributed by atoms with Gasteiger partial charge < -0.3 is 10.5 Å². The number of fused-ring (bicyclic) bond motifs is 1. The van der Waals surface area contributed by atoms with Gasteiger partial charge in [0.1, 0.15) is 0 Å². The molecule has 1 amide bonds. The van der Waals surface area contributed by atoms with E-state index < -0.39 is 6.09 Å². The van der Waals surface area contributed by atoms with Crippen molar-refractivity contribution in [1.29, 1.82) is 0 Å². The summed E-state index contributed by atoms with van der Waals surface area (Å²) in [4.78, 5) is 10.5. The molecule has 2 N–H and O–H groups in total. The summed E-state index contributed by atoms with van der Waals surface area (Å²) in [5.41, 5.74) is 4.92. The van der Waals surface area contributed by atoms with E-state index in [0.29, 0.717) is 5.06 Å². The van der Waals surface area contributed by atoms with Crippen molar-refractivity contribution in [2.75, 3.05) is 0 Å². The average Bonchev–Trinajstić information content (AvgIpc) is 2.47. The minimum absolute atomic E-state index is 0.513. The van der Waals surface area contributed by atoms with Gasteiger partial charge >= 0.3 is 6.09 Å². The fourth-order valence-electron chi connectivity index (χ4n) is 1.15. The molecule has 0 aliphatic heterocycles. The van der Waals surface area contributed by atoms with Crippen LogP contribution in [0.4, 0.5) is 4.79 Å². The second-order valence-electron chi connectivity index (χ2n) is 2.64. The number of nitrogens with two attached hydrogens (primary N) is 1. The van der Waals surface area contributed by atoms with Gasteiger partial charge in [0.2, 0.25) is 0 Å². The number of benzene rings is 1. The maximum Gasteiger partial charge on any atom is 0.410 e. The van der Waals surface area contributed by atoms with Crippen LogP contribution in [-0.4, -0.2) is 6.09 Å². The molecule has 2 aromatic rings. The Morgan fingerprint density at radius 2 is 2.29 bits per heavy atom. The van der Waals surface area contributed by atoms with Crippen LogP contribution in [0.5, 0.6) is 5.06 Å². The lowest BCUT2D eigenvalue weighted by Gasteiger charge is -1.91. The quantitative estimate of drug-likeness (QED) is 0.867. The van der Waals surface area contributed by atoms with Gasteiger partial charge in [0.15, 0.2) is 5.06 Å². The summed E-state index contributed by atoms with van der Waals surface area (Å²) in [7, 11) is 0. The molecule has 0 saturated heterocycles. The van der Waals surface area contributed by atoms with E-state index in [4.69, 9.17) is 10.5 Å². The van der Waals surface area contributed by atoms with Crippen LogP contribution >= 0.6 is 27.3 Å². The molecule has 0 saturated carbocycles. The second-order valence-corrected chi connectivity index (χ2v) is 4.54. The molecule has 14 heavy (non-hydrogen) atoms. The number of primary amides is 1. The molecule has 2 rings (SSSR count). The fourth-order valence-corrected chi connectivity index (χ4v) is 2.71. The summed E-state index contributed by atoms with van der Waals surface area (Å²) >= 11 is 4.80. The van der Waals surface area contributed by atoms with Crippen molar-refractivity contribution in [3.8, 4) is 5.06 Å². The third-order valence-corrected chi connectivity index (χ3v) is 3.36. The molecule has 0 atom stereocenters. The largest absolute Gasteiger partial charge is 0.410 e. The zero-order chi connectivity index (χ0) is 10.1. The van der Waals surface area contributed by atoms with Crippen LogP contribution in [0.1, 0.15) is 0 Å². The highest BCUT2D eigenvalue weighted by molar-refractivity contribution is 9.10. The molecular weight excluding hydrogens is 266 g/mol. The van der Waals surface area contributed by atoms with E-state index in [-0.39, 0.29) is 0 Å². The molecule has 0 aliphatic rings. The van der Waals surface area contributed by atoms with Crippen molar-refractivity contribution in [2.24, 2.45) is 5.73 Å². The number of thiophene rings is 1. The summed E-state index contributed by atoms with van der Waals surface area (Å²) in [6.07, 6.45) is -0.785. The summed E-state index contributed by atoms with van der Waals surface area (Å²) in [5.74, 6) is 0. The molecule has 0 spiro atoms. The van der Waals surface area contributed by atoms with E-state index in [1.54, 1.807) is 6.07 Å². The van der Waals surface area contributed by atoms with Gasteiger partial charge in [0, 0.05) is 20.6 Å². The predicted octanol–water partition coefficient (Wildman–Crippen LogP) is 3.12. The summed E-state index contributed by atoms with van der Waals surface area (Å²) in [6.45, 7) is 0. The number of carbonyl (C=O) groups excluding carboxylic acids is 1. The van der Waals surface area contributed by atoms with Crippen LogP contribution in [0.2, 0.25) is 0 Å². The maximum absolute atomic E-state index is 10.5. The Morgan fingerprint density at radius 1 is 1.50 bits per heavy atom. The highest BCUT2D eigenvalue weighted by Gasteiger charge is 2.06. The van der Waals surface area contributed by atoms with Crippen LogP contribution in [0.3, 0.4) is 0 Å². The van der Waals surface area contributed by atoms with Crippen LogP contribution < -0.4 is 10.5 Å². The van der Waals surface area contributed by atoms with Crippen LogP contribution in [-0.2, 0) is 0 Å². The minimum Gasteiger partial charge on any atom is -0.399 e. The smallest absolute Gasteiger partial charge is 0.399 e. The van der Waals surface area contributed by atoms with Crippen molar-refractivity contribution in [3.63, 3.8) is 0 Å². The van der Waals surface area contributed by atoms with Gasteiger partial charge in [-0.15, -0.1) is 0 Å². The number of rotatable bonds is 1. The molecule has 0 aliphatic carbocycles. The Hall–Kier alpha value is -1.07. The normalized spacial score (nSPS) is 10.4. The van der Waals surface area contributed by atoms with Crippen molar-refractivity contribution in [1.82, 2.24) is 0 Å². The molecule has 0 bridgehead atoms. The highest BCUT2D eigenvalue weighted by atomic mass is 79.9. The van der Waals surface area contributed by atoms with Crippen molar-refractivity contribution in [3.05, 3.63) is 28.7 Å². The monoisotopic (exact) mass is 271 g/mol. The van der Waals surface area contributed by atoms with E-state index in [0.717, 1.165) is 14.6 Å². The molecule has 0 fully saturated rings. The number of hydrogen-bond donors (Lipinski definition) is 1. The van der Waals surface area contributed by atoms with Crippen molar-refractivity contribution < 1.29 is 9.53 Å². The van der Waals surface area contributed by atoms with E-state index in [9.17, 15) is 4.79 Å². The number of hydrogen-bond acceptors (Lipinski definition) is 3. The molecule has 0 unspecified atom stereocenters. The first-order chi connectivity index (χ1) is 6.66. The van der Waals surface area contributed by atoms with E-state index in [1.165, 1.54) is 11.3 Å².